The Kier molecular flexibility index (Phi) is 9.08. The van der Waals surface area contributed by atoms with Gasteiger partial charge in [0.05, 0.1) is 18.1 Å². The van der Waals surface area contributed by atoms with Gasteiger partial charge in [0, 0.05) is 33.9 Å². The number of anilines is 1. The third-order valence-corrected chi connectivity index (χ3v) is 8.82. The van der Waals surface area contributed by atoms with Gasteiger partial charge in [-0.1, -0.05) is 5.16 Å². The minimum Gasteiger partial charge on any atom is -0.543 e. The molecule has 13 nitrogen and oxygen atoms in total. The van der Waals surface area contributed by atoms with Crippen molar-refractivity contribution in [3.8, 4) is 0 Å². The summed E-state index contributed by atoms with van der Waals surface area (Å²) in [6.45, 7) is 2.57. The molecule has 0 bridgehead atoms. The zero-order chi connectivity index (χ0) is 28.1. The fourth-order valence-corrected chi connectivity index (χ4v) is 6.67. The molecule has 2 aliphatic rings. The molecule has 0 aromatic carbocycles. The van der Waals surface area contributed by atoms with Gasteiger partial charge in [0.2, 0.25) is 0 Å². The number of aliphatic carboxylic acids is 2. The Bertz CT molecular complexity index is 1340. The monoisotopic (exact) mass is 592 g/mol. The topological polar surface area (TPSA) is 191 Å². The first kappa shape index (κ1) is 28.4. The van der Waals surface area contributed by atoms with Crippen molar-refractivity contribution in [2.75, 3.05) is 23.8 Å². The minimum absolute atomic E-state index is 0.0882. The number of oxime groups is 1. The van der Waals surface area contributed by atoms with Crippen LogP contribution in [0.2, 0.25) is 0 Å². The Morgan fingerprint density at radius 2 is 2.13 bits per heavy atom. The molecule has 206 valence electrons. The first-order valence-electron chi connectivity index (χ1n) is 11.6. The molecular weight excluding hydrogens is 568 g/mol. The molecule has 2 amide bonds. The summed E-state index contributed by atoms with van der Waals surface area (Å²) >= 11 is 3.84. The van der Waals surface area contributed by atoms with E-state index in [1.807, 2.05) is 36.0 Å². The third kappa shape index (κ3) is 6.51. The van der Waals surface area contributed by atoms with Crippen LogP contribution in [-0.2, 0) is 30.6 Å². The SMILES string of the molecule is CC[n+]1ccc(SCC2=C(C(=O)[O-])N3C(=O)[C@@H](NC(=O)/C(=N\OCCC(=O)O)c4csc(N)n4)[C@H]3SC2)cc1. The van der Waals surface area contributed by atoms with Crippen molar-refractivity contribution in [3.63, 3.8) is 0 Å². The number of nitrogens with zero attached hydrogens (tertiary/aromatic N) is 4. The number of thioether (sulfide) groups is 2. The van der Waals surface area contributed by atoms with Gasteiger partial charge in [0.15, 0.2) is 23.2 Å². The van der Waals surface area contributed by atoms with Crippen LogP contribution in [0.15, 0.2) is 51.2 Å². The molecule has 4 N–H and O–H groups in total. The average Bonchev–Trinajstić information content (AvgIpc) is 3.35. The second-order valence-corrected chi connectivity index (χ2v) is 11.3. The molecule has 2 atom stereocenters. The van der Waals surface area contributed by atoms with E-state index >= 15 is 0 Å². The normalized spacial score (nSPS) is 18.8. The summed E-state index contributed by atoms with van der Waals surface area (Å²) in [4.78, 5) is 59.9. The first-order chi connectivity index (χ1) is 18.7. The number of hydrogen-bond donors (Lipinski definition) is 3. The van der Waals surface area contributed by atoms with E-state index in [0.717, 1.165) is 27.7 Å². The average molecular weight is 593 g/mol. The van der Waals surface area contributed by atoms with Crippen LogP contribution in [-0.4, -0.2) is 74.0 Å². The Morgan fingerprint density at radius 1 is 1.38 bits per heavy atom. The van der Waals surface area contributed by atoms with Gasteiger partial charge in [-0.05, 0) is 12.5 Å². The number of nitrogen functional groups attached to an aromatic ring is 1. The lowest BCUT2D eigenvalue weighted by Gasteiger charge is -2.50. The van der Waals surface area contributed by atoms with Crippen molar-refractivity contribution in [1.29, 1.82) is 0 Å². The Balaban J connectivity index is 1.46. The van der Waals surface area contributed by atoms with Crippen LogP contribution in [0.1, 0.15) is 19.0 Å². The van der Waals surface area contributed by atoms with Gasteiger partial charge in [-0.3, -0.25) is 19.3 Å². The number of carbonyl (C=O) groups excluding carboxylic acids is 3. The lowest BCUT2D eigenvalue weighted by Crippen LogP contribution is -2.71. The highest BCUT2D eigenvalue weighted by Gasteiger charge is 2.53. The largest absolute Gasteiger partial charge is 0.543 e. The number of carbonyl (C=O) groups is 4. The molecule has 0 saturated carbocycles. The molecule has 4 heterocycles. The molecule has 1 fully saturated rings. The highest BCUT2D eigenvalue weighted by atomic mass is 32.2. The van der Waals surface area contributed by atoms with E-state index in [1.165, 1.54) is 28.9 Å². The molecule has 16 heteroatoms. The highest BCUT2D eigenvalue weighted by Crippen LogP contribution is 2.41. The van der Waals surface area contributed by atoms with Gasteiger partial charge in [-0.25, -0.2) is 9.55 Å². The molecule has 39 heavy (non-hydrogen) atoms. The fraction of sp³-hybridized carbons (Fsp3) is 0.348. The lowest BCUT2D eigenvalue weighted by molar-refractivity contribution is -0.693. The van der Waals surface area contributed by atoms with Crippen LogP contribution in [0.4, 0.5) is 5.13 Å². The Morgan fingerprint density at radius 3 is 2.74 bits per heavy atom. The predicted molar refractivity (Wildman–Crippen MR) is 141 cm³/mol. The van der Waals surface area contributed by atoms with Crippen LogP contribution in [0.5, 0.6) is 0 Å². The molecule has 4 rings (SSSR count). The summed E-state index contributed by atoms with van der Waals surface area (Å²) in [6, 6.07) is 2.85. The molecule has 0 aliphatic carbocycles. The lowest BCUT2D eigenvalue weighted by atomic mass is 10.0. The van der Waals surface area contributed by atoms with Crippen molar-refractivity contribution in [2.45, 2.75) is 36.2 Å². The van der Waals surface area contributed by atoms with Gasteiger partial charge in [0.1, 0.15) is 30.3 Å². The van der Waals surface area contributed by atoms with E-state index in [4.69, 9.17) is 15.7 Å². The molecule has 0 radical (unpaired) electrons. The molecule has 2 aromatic rings. The number of carboxylic acid groups (broad SMARTS) is 2. The van der Waals surface area contributed by atoms with Gasteiger partial charge in [-0.2, -0.15) is 0 Å². The molecule has 0 spiro atoms. The number of β-lactam (4-membered cyclic amide) rings is 1. The zero-order valence-corrected chi connectivity index (χ0v) is 23.0. The number of pyridine rings is 1. The second-order valence-electron chi connectivity index (χ2n) is 8.24. The molecular formula is C23H24N6O7S3. The standard InChI is InChI=1S/C23H24N6O7S3/c1-2-28-6-3-13(4-7-28)37-9-12-10-38-21-17(20(33)29(21)18(12)22(34)35)26-19(32)16(14-11-39-23(24)25-14)27-36-8-5-15(30)31/h3-4,6-7,11,17,21H,2,5,8-10H2,1H3,(H4-,24,25,26,30,31,32,34,35)/b27-16-/t17-,21-/m1/s1. The molecule has 2 aromatic heterocycles. The van der Waals surface area contributed by atoms with Gasteiger partial charge >= 0.3 is 5.97 Å². The first-order valence-corrected chi connectivity index (χ1v) is 14.5. The van der Waals surface area contributed by atoms with Crippen molar-refractivity contribution in [3.05, 3.63) is 46.9 Å². The number of thiazole rings is 1. The number of hydrogen-bond acceptors (Lipinski definition) is 12. The summed E-state index contributed by atoms with van der Waals surface area (Å²) in [5.41, 5.74) is 5.83. The maximum absolute atomic E-state index is 13.0. The van der Waals surface area contributed by atoms with Crippen molar-refractivity contribution < 1.29 is 38.8 Å². The van der Waals surface area contributed by atoms with E-state index in [2.05, 4.69) is 15.5 Å². The number of aromatic nitrogens is 2. The van der Waals surface area contributed by atoms with E-state index in [-0.39, 0.29) is 35.3 Å². The van der Waals surface area contributed by atoms with Gasteiger partial charge in [0.25, 0.3) is 11.8 Å². The number of nitrogens with two attached hydrogens (primary N) is 1. The number of aryl methyl sites for hydroxylation is 1. The van der Waals surface area contributed by atoms with Crippen LogP contribution in [0.25, 0.3) is 0 Å². The maximum Gasteiger partial charge on any atom is 0.306 e. The number of nitrogens with one attached hydrogen (secondary N) is 1. The number of fused-ring (bicyclic) bond motifs is 1. The summed E-state index contributed by atoms with van der Waals surface area (Å²) in [7, 11) is 0. The smallest absolute Gasteiger partial charge is 0.306 e. The summed E-state index contributed by atoms with van der Waals surface area (Å²) < 4.78 is 2.01. The van der Waals surface area contributed by atoms with Crippen molar-refractivity contribution in [2.24, 2.45) is 5.16 Å². The summed E-state index contributed by atoms with van der Waals surface area (Å²) in [5, 5.41) is 28.1. The fourth-order valence-electron chi connectivity index (χ4n) is 3.76. The maximum atomic E-state index is 13.0. The summed E-state index contributed by atoms with van der Waals surface area (Å²) in [5.74, 6) is -3.28. The molecule has 0 unspecified atom stereocenters. The van der Waals surface area contributed by atoms with E-state index < -0.39 is 35.2 Å². The van der Waals surface area contributed by atoms with Gasteiger partial charge < -0.3 is 30.9 Å². The quantitative estimate of drug-likeness (QED) is 0.0714. The van der Waals surface area contributed by atoms with E-state index in [0.29, 0.717) is 17.1 Å². The number of amides is 2. The highest BCUT2D eigenvalue weighted by molar-refractivity contribution is 8.01. The third-order valence-electron chi connectivity index (χ3n) is 5.71. The van der Waals surface area contributed by atoms with Crippen LogP contribution in [0.3, 0.4) is 0 Å². The van der Waals surface area contributed by atoms with Crippen molar-refractivity contribution in [1.82, 2.24) is 15.2 Å². The molecule has 2 aliphatic heterocycles. The van der Waals surface area contributed by atoms with E-state index in [1.54, 1.807) is 0 Å². The Hall–Kier alpha value is -3.63. The van der Waals surface area contributed by atoms with Crippen LogP contribution in [0, 0.1) is 0 Å². The number of rotatable bonds is 12. The predicted octanol–water partition coefficient (Wildman–Crippen LogP) is -0.576. The molecule has 1 saturated heterocycles. The van der Waals surface area contributed by atoms with Crippen LogP contribution >= 0.6 is 34.9 Å². The number of carboxylic acids is 2. The van der Waals surface area contributed by atoms with Crippen LogP contribution < -0.4 is 20.7 Å². The Labute approximate surface area is 235 Å². The second kappa shape index (κ2) is 12.5. The summed E-state index contributed by atoms with van der Waals surface area (Å²) in [6.07, 6.45) is 3.53. The van der Waals surface area contributed by atoms with Crippen molar-refractivity contribution >= 4 is 69.5 Å². The van der Waals surface area contributed by atoms with Gasteiger partial charge in [-0.15, -0.1) is 34.9 Å². The minimum atomic E-state index is -1.46. The van der Waals surface area contributed by atoms with E-state index in [9.17, 15) is 24.3 Å². The zero-order valence-electron chi connectivity index (χ0n) is 20.6.